The maximum atomic E-state index is 11.6. The van der Waals surface area contributed by atoms with Crippen LogP contribution in [0.3, 0.4) is 0 Å². The molecule has 0 saturated carbocycles. The summed E-state index contributed by atoms with van der Waals surface area (Å²) in [6.45, 7) is 4.12. The van der Waals surface area contributed by atoms with E-state index in [1.54, 1.807) is 13.0 Å². The van der Waals surface area contributed by atoms with Crippen molar-refractivity contribution in [2.75, 3.05) is 13.2 Å². The smallest absolute Gasteiger partial charge is 0.379 e. The molecule has 0 aromatic heterocycles. The Morgan fingerprint density at radius 1 is 1.24 bits per heavy atom. The van der Waals surface area contributed by atoms with Gasteiger partial charge in [0.2, 0.25) is 0 Å². The predicted octanol–water partition coefficient (Wildman–Crippen LogP) is 2.48. The highest BCUT2D eigenvalue weighted by atomic mass is 35.5. The number of esters is 1. The summed E-state index contributed by atoms with van der Waals surface area (Å²) >= 11 is 5.90. The van der Waals surface area contributed by atoms with Gasteiger partial charge in [0.15, 0.2) is 0 Å². The van der Waals surface area contributed by atoms with Gasteiger partial charge in [-0.05, 0) is 32.0 Å². The summed E-state index contributed by atoms with van der Waals surface area (Å²) in [5.74, 6) is -1.10. The lowest BCUT2D eigenvalue weighted by molar-refractivity contribution is -0.137. The molecule has 0 aliphatic heterocycles. The van der Waals surface area contributed by atoms with Crippen molar-refractivity contribution < 1.29 is 19.1 Å². The first-order valence-electron chi connectivity index (χ1n) is 5.24. The molecular formula is C12H13ClO4. The lowest BCUT2D eigenvalue weighted by Crippen LogP contribution is -2.17. The number of benzene rings is 1. The first-order valence-corrected chi connectivity index (χ1v) is 5.61. The van der Waals surface area contributed by atoms with E-state index in [0.29, 0.717) is 12.4 Å². The van der Waals surface area contributed by atoms with Crippen LogP contribution in [-0.4, -0.2) is 25.0 Å². The average molecular weight is 257 g/mol. The molecule has 92 valence electrons. The van der Waals surface area contributed by atoms with E-state index >= 15 is 0 Å². The van der Waals surface area contributed by atoms with Crippen LogP contribution in [0.2, 0.25) is 5.02 Å². The van der Waals surface area contributed by atoms with Crippen LogP contribution in [0.1, 0.15) is 24.2 Å². The Morgan fingerprint density at radius 3 is 2.47 bits per heavy atom. The summed E-state index contributed by atoms with van der Waals surface area (Å²) in [5, 5.41) is 0.175. The highest BCUT2D eigenvalue weighted by Gasteiger charge is 2.20. The van der Waals surface area contributed by atoms with Crippen LogP contribution < -0.4 is 4.74 Å². The van der Waals surface area contributed by atoms with Crippen molar-refractivity contribution >= 4 is 23.4 Å². The zero-order chi connectivity index (χ0) is 12.8. The maximum Gasteiger partial charge on any atom is 0.379 e. The topological polar surface area (TPSA) is 52.6 Å². The molecule has 0 bridgehead atoms. The Balaban J connectivity index is 2.92. The Morgan fingerprint density at radius 2 is 1.94 bits per heavy atom. The molecule has 1 rings (SSSR count). The Labute approximate surface area is 104 Å². The van der Waals surface area contributed by atoms with E-state index in [0.717, 1.165) is 0 Å². The van der Waals surface area contributed by atoms with Gasteiger partial charge < -0.3 is 9.47 Å². The maximum absolute atomic E-state index is 11.6. The zero-order valence-electron chi connectivity index (χ0n) is 9.66. The largest absolute Gasteiger partial charge is 0.494 e. The van der Waals surface area contributed by atoms with Gasteiger partial charge in [-0.2, -0.15) is 0 Å². The van der Waals surface area contributed by atoms with Crippen LogP contribution in [0.4, 0.5) is 0 Å². The third kappa shape index (κ3) is 3.46. The van der Waals surface area contributed by atoms with Crippen LogP contribution in [0.25, 0.3) is 0 Å². The number of halogens is 1. The standard InChI is InChI=1S/C12H13ClO4/c1-3-16-8-5-6-9(10(13)7-8)11(14)12(15)17-4-2/h5-7H,3-4H2,1-2H3. The molecule has 0 aliphatic rings. The molecule has 0 unspecified atom stereocenters. The fraction of sp³-hybridized carbons (Fsp3) is 0.333. The number of hydrogen-bond acceptors (Lipinski definition) is 4. The van der Waals surface area contributed by atoms with E-state index in [2.05, 4.69) is 4.74 Å². The summed E-state index contributed by atoms with van der Waals surface area (Å²) in [7, 11) is 0. The van der Waals surface area contributed by atoms with Gasteiger partial charge >= 0.3 is 5.97 Å². The molecule has 5 heteroatoms. The summed E-state index contributed by atoms with van der Waals surface area (Å²) in [6.07, 6.45) is 0. The monoisotopic (exact) mass is 256 g/mol. The van der Waals surface area contributed by atoms with Crippen LogP contribution in [0.15, 0.2) is 18.2 Å². The number of ketones is 1. The van der Waals surface area contributed by atoms with Gasteiger partial charge in [0.1, 0.15) is 5.75 Å². The van der Waals surface area contributed by atoms with Crippen molar-refractivity contribution in [3.05, 3.63) is 28.8 Å². The number of carbonyl (C=O) groups excluding carboxylic acids is 2. The Hall–Kier alpha value is -1.55. The van der Waals surface area contributed by atoms with Crippen molar-refractivity contribution in [3.63, 3.8) is 0 Å². The fourth-order valence-electron chi connectivity index (χ4n) is 1.24. The van der Waals surface area contributed by atoms with E-state index in [9.17, 15) is 9.59 Å². The Kier molecular flexibility index (Phi) is 4.97. The minimum absolute atomic E-state index is 0.119. The molecular weight excluding hydrogens is 244 g/mol. The molecule has 4 nitrogen and oxygen atoms in total. The molecule has 1 aromatic carbocycles. The zero-order valence-corrected chi connectivity index (χ0v) is 10.4. The molecule has 0 fully saturated rings. The second-order valence-corrected chi connectivity index (χ2v) is 3.53. The molecule has 0 atom stereocenters. The Bertz CT molecular complexity index is 429. The van der Waals surface area contributed by atoms with Crippen LogP contribution in [-0.2, 0) is 9.53 Å². The van der Waals surface area contributed by atoms with E-state index in [1.807, 2.05) is 6.92 Å². The van der Waals surface area contributed by atoms with Crippen LogP contribution >= 0.6 is 11.6 Å². The van der Waals surface area contributed by atoms with E-state index < -0.39 is 11.8 Å². The number of ether oxygens (including phenoxy) is 2. The molecule has 0 amide bonds. The molecule has 0 aliphatic carbocycles. The normalized spacial score (nSPS) is 9.82. The molecule has 0 saturated heterocycles. The second-order valence-electron chi connectivity index (χ2n) is 3.12. The van der Waals surface area contributed by atoms with Gasteiger partial charge in [0.25, 0.3) is 5.78 Å². The van der Waals surface area contributed by atoms with Crippen molar-refractivity contribution in [1.82, 2.24) is 0 Å². The van der Waals surface area contributed by atoms with Gasteiger partial charge in [0, 0.05) is 5.56 Å². The second kappa shape index (κ2) is 6.25. The predicted molar refractivity (Wildman–Crippen MR) is 63.6 cm³/mol. The molecule has 0 spiro atoms. The van der Waals surface area contributed by atoms with Gasteiger partial charge in [-0.1, -0.05) is 11.6 Å². The molecule has 1 aromatic rings. The summed E-state index contributed by atoms with van der Waals surface area (Å²) < 4.78 is 9.83. The first kappa shape index (κ1) is 13.5. The van der Waals surface area contributed by atoms with Gasteiger partial charge in [-0.3, -0.25) is 4.79 Å². The molecule has 0 N–H and O–H groups in total. The van der Waals surface area contributed by atoms with Crippen LogP contribution in [0.5, 0.6) is 5.75 Å². The minimum atomic E-state index is -0.904. The van der Waals surface area contributed by atoms with E-state index in [1.165, 1.54) is 12.1 Å². The van der Waals surface area contributed by atoms with Crippen molar-refractivity contribution in [2.45, 2.75) is 13.8 Å². The van der Waals surface area contributed by atoms with Gasteiger partial charge in [0.05, 0.1) is 18.2 Å². The molecule has 0 radical (unpaired) electrons. The quantitative estimate of drug-likeness (QED) is 0.461. The molecule has 17 heavy (non-hydrogen) atoms. The first-order chi connectivity index (χ1) is 8.10. The van der Waals surface area contributed by atoms with Crippen molar-refractivity contribution in [3.8, 4) is 5.75 Å². The average Bonchev–Trinajstić information content (AvgIpc) is 2.29. The highest BCUT2D eigenvalue weighted by molar-refractivity contribution is 6.45. The van der Waals surface area contributed by atoms with Crippen LogP contribution in [0, 0.1) is 0 Å². The number of hydrogen-bond donors (Lipinski definition) is 0. The number of rotatable bonds is 5. The lowest BCUT2D eigenvalue weighted by atomic mass is 10.1. The minimum Gasteiger partial charge on any atom is -0.494 e. The third-order valence-electron chi connectivity index (χ3n) is 1.96. The summed E-state index contributed by atoms with van der Waals surface area (Å²) in [6, 6.07) is 4.53. The lowest BCUT2D eigenvalue weighted by Gasteiger charge is -2.06. The van der Waals surface area contributed by atoms with Crippen molar-refractivity contribution in [1.29, 1.82) is 0 Å². The number of carbonyl (C=O) groups is 2. The SMILES string of the molecule is CCOC(=O)C(=O)c1ccc(OCC)cc1Cl. The third-order valence-corrected chi connectivity index (χ3v) is 2.27. The fourth-order valence-corrected chi connectivity index (χ4v) is 1.50. The number of Topliss-reactive ketones (excluding diaryl/α,β-unsaturated/α-hetero) is 1. The summed E-state index contributed by atoms with van der Waals surface area (Å²) in [5.41, 5.74) is 0.119. The highest BCUT2D eigenvalue weighted by Crippen LogP contribution is 2.23. The van der Waals surface area contributed by atoms with Gasteiger partial charge in [-0.15, -0.1) is 0 Å². The molecule has 0 heterocycles. The van der Waals surface area contributed by atoms with E-state index in [-0.39, 0.29) is 17.2 Å². The van der Waals surface area contributed by atoms with E-state index in [4.69, 9.17) is 16.3 Å². The summed E-state index contributed by atoms with van der Waals surface area (Å²) in [4.78, 5) is 22.9. The van der Waals surface area contributed by atoms with Crippen molar-refractivity contribution in [2.24, 2.45) is 0 Å². The van der Waals surface area contributed by atoms with Gasteiger partial charge in [-0.25, -0.2) is 4.79 Å².